The summed E-state index contributed by atoms with van der Waals surface area (Å²) in [4.78, 5) is 0. The zero-order valence-corrected chi connectivity index (χ0v) is 7.02. The zero-order chi connectivity index (χ0) is 8.69. The molecule has 0 saturated heterocycles. The van der Waals surface area contributed by atoms with Crippen molar-refractivity contribution in [1.29, 1.82) is 0 Å². The number of alkyl halides is 1. The molecular weight excluding hydrogens is 145 g/mol. The minimum Gasteiger partial charge on any atom is -0.325 e. The van der Waals surface area contributed by atoms with E-state index in [4.69, 9.17) is 11.5 Å². The minimum absolute atomic E-state index is 0.262. The van der Waals surface area contributed by atoms with E-state index in [-0.39, 0.29) is 12.6 Å². The fraction of sp³-hybridized carbons (Fsp3) is 1.00. The van der Waals surface area contributed by atoms with Crippen molar-refractivity contribution >= 4 is 0 Å². The van der Waals surface area contributed by atoms with E-state index in [9.17, 15) is 4.39 Å². The summed E-state index contributed by atoms with van der Waals surface area (Å²) in [6.45, 7) is 2.56. The van der Waals surface area contributed by atoms with Gasteiger partial charge in [0.05, 0.1) is 0 Å². The molecule has 0 radical (unpaired) electrons. The lowest BCUT2D eigenvalue weighted by molar-refractivity contribution is 0.262. The lowest BCUT2D eigenvalue weighted by atomic mass is 10.1. The van der Waals surface area contributed by atoms with Crippen molar-refractivity contribution < 1.29 is 4.39 Å². The summed E-state index contributed by atoms with van der Waals surface area (Å²) in [7, 11) is 0. The number of hydrogen-bond donors (Lipinski definition) is 3. The summed E-state index contributed by atoms with van der Waals surface area (Å²) < 4.78 is 12.9. The number of nitrogens with two attached hydrogens (primary N) is 2. The van der Waals surface area contributed by atoms with Gasteiger partial charge in [-0.15, -0.1) is 0 Å². The Balaban J connectivity index is 3.38. The van der Waals surface area contributed by atoms with Crippen LogP contribution >= 0.6 is 0 Å². The molecular formula is C7H18FN3. The Morgan fingerprint density at radius 2 is 2.18 bits per heavy atom. The third kappa shape index (κ3) is 5.12. The molecule has 0 spiro atoms. The van der Waals surface area contributed by atoms with E-state index in [1.54, 1.807) is 0 Å². The fourth-order valence-corrected chi connectivity index (χ4v) is 0.887. The molecule has 0 aromatic rings. The number of halogens is 1. The lowest BCUT2D eigenvalue weighted by Crippen LogP contribution is -2.40. The van der Waals surface area contributed by atoms with Gasteiger partial charge >= 0.3 is 0 Å². The highest BCUT2D eigenvalue weighted by atomic mass is 19.1. The molecule has 0 saturated carbocycles. The summed E-state index contributed by atoms with van der Waals surface area (Å²) in [5.74, 6) is 0. The van der Waals surface area contributed by atoms with Crippen molar-refractivity contribution in [3.63, 3.8) is 0 Å². The summed E-state index contributed by atoms with van der Waals surface area (Å²) in [6, 6.07) is -0.348. The minimum atomic E-state index is -0.974. The van der Waals surface area contributed by atoms with Crippen LogP contribution in [0.5, 0.6) is 0 Å². The Bertz CT molecular complexity index is 89.8. The molecule has 0 aromatic carbocycles. The van der Waals surface area contributed by atoms with Gasteiger partial charge in [0.1, 0.15) is 6.17 Å². The van der Waals surface area contributed by atoms with Crippen LogP contribution in [0.15, 0.2) is 0 Å². The topological polar surface area (TPSA) is 64.1 Å². The number of nitrogens with one attached hydrogen (secondary N) is 1. The third-order valence-electron chi connectivity index (χ3n) is 1.57. The maximum Gasteiger partial charge on any atom is 0.128 e. The maximum absolute atomic E-state index is 12.9. The highest BCUT2D eigenvalue weighted by molar-refractivity contribution is 4.73. The van der Waals surface area contributed by atoms with Gasteiger partial charge in [-0.25, -0.2) is 4.39 Å². The number of hydrogen-bond acceptors (Lipinski definition) is 3. The second-order valence-corrected chi connectivity index (χ2v) is 2.63. The van der Waals surface area contributed by atoms with Crippen molar-refractivity contribution in [2.24, 2.45) is 11.5 Å². The van der Waals surface area contributed by atoms with Crippen LogP contribution in [0.3, 0.4) is 0 Å². The summed E-state index contributed by atoms with van der Waals surface area (Å²) in [6.07, 6.45) is 0.677. The molecule has 0 heterocycles. The Kier molecular flexibility index (Phi) is 6.40. The number of rotatable bonds is 6. The van der Waals surface area contributed by atoms with Gasteiger partial charge in [0.25, 0.3) is 0 Å². The van der Waals surface area contributed by atoms with Crippen LogP contribution < -0.4 is 16.8 Å². The molecule has 0 aliphatic heterocycles. The first kappa shape index (κ1) is 10.8. The Morgan fingerprint density at radius 1 is 1.55 bits per heavy atom. The van der Waals surface area contributed by atoms with Crippen molar-refractivity contribution in [2.45, 2.75) is 32.0 Å². The predicted octanol–water partition coefficient (Wildman–Crippen LogP) is -0.0423. The van der Waals surface area contributed by atoms with Crippen LogP contribution in [0.2, 0.25) is 0 Å². The van der Waals surface area contributed by atoms with E-state index in [0.717, 1.165) is 12.8 Å². The molecule has 2 atom stereocenters. The van der Waals surface area contributed by atoms with Gasteiger partial charge in [0.2, 0.25) is 0 Å². The van der Waals surface area contributed by atoms with E-state index in [2.05, 4.69) is 5.32 Å². The molecule has 2 unspecified atom stereocenters. The summed E-state index contributed by atoms with van der Waals surface area (Å²) >= 11 is 0. The summed E-state index contributed by atoms with van der Waals surface area (Å²) in [5, 5.41) is 2.71. The molecule has 0 aliphatic rings. The highest BCUT2D eigenvalue weighted by Crippen LogP contribution is 2.01. The molecule has 0 bridgehead atoms. The molecule has 0 aliphatic carbocycles. The normalized spacial score (nSPS) is 16.4. The maximum atomic E-state index is 12.9. The van der Waals surface area contributed by atoms with Gasteiger partial charge in [-0.2, -0.15) is 0 Å². The van der Waals surface area contributed by atoms with Crippen molar-refractivity contribution in [3.05, 3.63) is 0 Å². The molecule has 4 heteroatoms. The second-order valence-electron chi connectivity index (χ2n) is 2.63. The van der Waals surface area contributed by atoms with Crippen molar-refractivity contribution in [3.8, 4) is 0 Å². The van der Waals surface area contributed by atoms with Crippen LogP contribution in [0.1, 0.15) is 19.8 Å². The molecule has 0 fully saturated rings. The molecule has 3 nitrogen and oxygen atoms in total. The first-order valence-corrected chi connectivity index (χ1v) is 4.02. The van der Waals surface area contributed by atoms with Gasteiger partial charge in [-0.1, -0.05) is 13.3 Å². The van der Waals surface area contributed by atoms with Crippen molar-refractivity contribution in [1.82, 2.24) is 5.32 Å². The lowest BCUT2D eigenvalue weighted by Gasteiger charge is -2.15. The van der Waals surface area contributed by atoms with E-state index < -0.39 is 6.17 Å². The van der Waals surface area contributed by atoms with E-state index >= 15 is 0 Å². The zero-order valence-electron chi connectivity index (χ0n) is 7.02. The van der Waals surface area contributed by atoms with E-state index in [0.29, 0.717) is 6.67 Å². The van der Waals surface area contributed by atoms with Gasteiger partial charge in [0, 0.05) is 19.3 Å². The standard InChI is InChI=1S/C7H18FN3/c1-2-3-7(10)6(8)4-11-5-9/h6-7,11H,2-5,9-10H2,1H3. The predicted molar refractivity (Wildman–Crippen MR) is 44.8 cm³/mol. The smallest absolute Gasteiger partial charge is 0.128 e. The second kappa shape index (κ2) is 6.52. The molecule has 0 aromatic heterocycles. The van der Waals surface area contributed by atoms with Crippen molar-refractivity contribution in [2.75, 3.05) is 13.2 Å². The Hall–Kier alpha value is -0.190. The van der Waals surface area contributed by atoms with Gasteiger partial charge in [-0.3, -0.25) is 0 Å². The first-order valence-electron chi connectivity index (χ1n) is 4.02. The SMILES string of the molecule is CCCC(N)C(F)CNCN. The monoisotopic (exact) mass is 163 g/mol. The first-order chi connectivity index (χ1) is 5.22. The van der Waals surface area contributed by atoms with E-state index in [1.807, 2.05) is 6.92 Å². The largest absolute Gasteiger partial charge is 0.325 e. The van der Waals surface area contributed by atoms with Gasteiger partial charge < -0.3 is 16.8 Å². The molecule has 11 heavy (non-hydrogen) atoms. The fourth-order valence-electron chi connectivity index (χ4n) is 0.887. The average Bonchev–Trinajstić information content (AvgIpc) is 2.00. The summed E-state index contributed by atoms with van der Waals surface area (Å²) in [5.41, 5.74) is 10.6. The van der Waals surface area contributed by atoms with Crippen LogP contribution in [0.25, 0.3) is 0 Å². The van der Waals surface area contributed by atoms with Crippen LogP contribution in [0.4, 0.5) is 4.39 Å². The highest BCUT2D eigenvalue weighted by Gasteiger charge is 2.14. The van der Waals surface area contributed by atoms with Crippen LogP contribution in [-0.4, -0.2) is 25.4 Å². The molecule has 0 amide bonds. The Labute approximate surface area is 67.3 Å². The van der Waals surface area contributed by atoms with Gasteiger partial charge in [-0.05, 0) is 6.42 Å². The third-order valence-corrected chi connectivity index (χ3v) is 1.57. The molecule has 68 valence electrons. The average molecular weight is 163 g/mol. The van der Waals surface area contributed by atoms with Crippen LogP contribution in [-0.2, 0) is 0 Å². The molecule has 0 rings (SSSR count). The van der Waals surface area contributed by atoms with E-state index in [1.165, 1.54) is 0 Å². The molecule has 5 N–H and O–H groups in total. The van der Waals surface area contributed by atoms with Gasteiger partial charge in [0.15, 0.2) is 0 Å². The van der Waals surface area contributed by atoms with Crippen LogP contribution in [0, 0.1) is 0 Å². The Morgan fingerprint density at radius 3 is 2.64 bits per heavy atom. The quantitative estimate of drug-likeness (QED) is 0.481.